The Morgan fingerprint density at radius 1 is 1.24 bits per heavy atom. The lowest BCUT2D eigenvalue weighted by Crippen LogP contribution is -2.05. The molecule has 0 unspecified atom stereocenters. The van der Waals surface area contributed by atoms with Gasteiger partial charge in [0.15, 0.2) is 5.82 Å². The molecule has 0 aromatic carbocycles. The number of nitrogens with one attached hydrogen (secondary N) is 1. The van der Waals surface area contributed by atoms with E-state index in [9.17, 15) is 0 Å². The first kappa shape index (κ1) is 11.4. The monoisotopic (exact) mass is 229 g/mol. The van der Waals surface area contributed by atoms with Gasteiger partial charge in [0, 0.05) is 30.7 Å². The Hall–Kier alpha value is -2.04. The number of hydrogen-bond acceptors (Lipinski definition) is 5. The van der Waals surface area contributed by atoms with Crippen molar-refractivity contribution in [2.24, 2.45) is 0 Å². The van der Waals surface area contributed by atoms with Crippen LogP contribution in [0.15, 0.2) is 18.6 Å². The lowest BCUT2D eigenvalue weighted by atomic mass is 10.2. The van der Waals surface area contributed by atoms with Crippen molar-refractivity contribution in [1.29, 1.82) is 0 Å². The first-order chi connectivity index (χ1) is 8.26. The molecule has 0 aliphatic rings. The highest BCUT2D eigenvalue weighted by Crippen LogP contribution is 2.20. The fraction of sp³-hybridized carbons (Fsp3) is 0.333. The molecule has 0 atom stereocenters. The number of anilines is 1. The molecule has 0 fully saturated rings. The lowest BCUT2D eigenvalue weighted by Gasteiger charge is -2.10. The Morgan fingerprint density at radius 2 is 2.06 bits per heavy atom. The van der Waals surface area contributed by atoms with Crippen LogP contribution in [0.25, 0.3) is 11.5 Å². The van der Waals surface area contributed by atoms with Gasteiger partial charge >= 0.3 is 0 Å². The third-order valence-corrected chi connectivity index (χ3v) is 2.61. The Kier molecular flexibility index (Phi) is 3.27. The maximum Gasteiger partial charge on any atom is 0.182 e. The number of nitrogens with zero attached hydrogens (tertiary/aromatic N) is 4. The van der Waals surface area contributed by atoms with Gasteiger partial charge in [-0.3, -0.25) is 4.98 Å². The Bertz CT molecular complexity index is 485. The smallest absolute Gasteiger partial charge is 0.182 e. The standard InChI is InChI=1S/C12H15N5/c1-4-9-8(2)11(13-3)17-12(16-9)10-7-14-5-6-15-10/h5-7H,4H2,1-3H3,(H,13,16,17). The molecule has 5 nitrogen and oxygen atoms in total. The van der Waals surface area contributed by atoms with Crippen molar-refractivity contribution >= 4 is 5.82 Å². The topological polar surface area (TPSA) is 63.6 Å². The summed E-state index contributed by atoms with van der Waals surface area (Å²) in [4.78, 5) is 17.2. The predicted octanol–water partition coefficient (Wildman–Crippen LogP) is 1.85. The summed E-state index contributed by atoms with van der Waals surface area (Å²) in [6.07, 6.45) is 5.82. The minimum absolute atomic E-state index is 0.616. The van der Waals surface area contributed by atoms with E-state index < -0.39 is 0 Å². The Morgan fingerprint density at radius 3 is 2.65 bits per heavy atom. The maximum absolute atomic E-state index is 4.52. The van der Waals surface area contributed by atoms with Crippen LogP contribution in [0.3, 0.4) is 0 Å². The molecule has 17 heavy (non-hydrogen) atoms. The highest BCUT2D eigenvalue weighted by molar-refractivity contribution is 5.55. The van der Waals surface area contributed by atoms with E-state index in [1.807, 2.05) is 14.0 Å². The molecule has 0 aliphatic carbocycles. The molecule has 0 amide bonds. The van der Waals surface area contributed by atoms with E-state index in [2.05, 4.69) is 32.2 Å². The zero-order chi connectivity index (χ0) is 12.3. The van der Waals surface area contributed by atoms with Crippen LogP contribution < -0.4 is 5.32 Å². The van der Waals surface area contributed by atoms with E-state index >= 15 is 0 Å². The number of aromatic nitrogens is 4. The summed E-state index contributed by atoms with van der Waals surface area (Å²) >= 11 is 0. The predicted molar refractivity (Wildman–Crippen MR) is 66.7 cm³/mol. The average molecular weight is 229 g/mol. The fourth-order valence-electron chi connectivity index (χ4n) is 1.68. The van der Waals surface area contributed by atoms with Gasteiger partial charge in [-0.2, -0.15) is 0 Å². The molecule has 88 valence electrons. The van der Waals surface area contributed by atoms with Crippen LogP contribution >= 0.6 is 0 Å². The van der Waals surface area contributed by atoms with Gasteiger partial charge in [0.2, 0.25) is 0 Å². The van der Waals surface area contributed by atoms with E-state index in [0.717, 1.165) is 23.5 Å². The summed E-state index contributed by atoms with van der Waals surface area (Å²) < 4.78 is 0. The second-order valence-electron chi connectivity index (χ2n) is 3.66. The minimum Gasteiger partial charge on any atom is -0.373 e. The first-order valence-electron chi connectivity index (χ1n) is 5.58. The van der Waals surface area contributed by atoms with Crippen molar-refractivity contribution in [2.75, 3.05) is 12.4 Å². The van der Waals surface area contributed by atoms with Gasteiger partial charge in [-0.1, -0.05) is 6.92 Å². The third kappa shape index (κ3) is 2.22. The van der Waals surface area contributed by atoms with Crippen LogP contribution in [-0.2, 0) is 6.42 Å². The third-order valence-electron chi connectivity index (χ3n) is 2.61. The molecule has 2 rings (SSSR count). The molecule has 2 aromatic rings. The molecule has 0 saturated carbocycles. The molecule has 2 aromatic heterocycles. The van der Waals surface area contributed by atoms with E-state index in [4.69, 9.17) is 0 Å². The summed E-state index contributed by atoms with van der Waals surface area (Å²) in [5.74, 6) is 1.46. The highest BCUT2D eigenvalue weighted by Gasteiger charge is 2.10. The molecule has 5 heteroatoms. The van der Waals surface area contributed by atoms with Gasteiger partial charge in [-0.05, 0) is 13.3 Å². The lowest BCUT2D eigenvalue weighted by molar-refractivity contribution is 0.969. The van der Waals surface area contributed by atoms with Crippen molar-refractivity contribution < 1.29 is 0 Å². The van der Waals surface area contributed by atoms with Crippen LogP contribution in [0.5, 0.6) is 0 Å². The van der Waals surface area contributed by atoms with Crippen molar-refractivity contribution in [3.63, 3.8) is 0 Å². The van der Waals surface area contributed by atoms with Crippen LogP contribution in [0.2, 0.25) is 0 Å². The quantitative estimate of drug-likeness (QED) is 0.870. The van der Waals surface area contributed by atoms with Crippen molar-refractivity contribution in [1.82, 2.24) is 19.9 Å². The Balaban J connectivity index is 2.56. The fourth-order valence-corrected chi connectivity index (χ4v) is 1.68. The molecule has 0 radical (unpaired) electrons. The zero-order valence-electron chi connectivity index (χ0n) is 10.2. The van der Waals surface area contributed by atoms with Crippen LogP contribution in [0.4, 0.5) is 5.82 Å². The van der Waals surface area contributed by atoms with Gasteiger partial charge in [0.05, 0.1) is 6.20 Å². The van der Waals surface area contributed by atoms with Gasteiger partial charge in [0.1, 0.15) is 11.5 Å². The second kappa shape index (κ2) is 4.86. The number of rotatable bonds is 3. The highest BCUT2D eigenvalue weighted by atomic mass is 15.0. The van der Waals surface area contributed by atoms with E-state index in [1.165, 1.54) is 0 Å². The summed E-state index contributed by atoms with van der Waals surface area (Å²) in [6, 6.07) is 0. The SMILES string of the molecule is CCc1nc(-c2cnccn2)nc(NC)c1C. The van der Waals surface area contributed by atoms with Crippen molar-refractivity contribution in [3.05, 3.63) is 29.8 Å². The second-order valence-corrected chi connectivity index (χ2v) is 3.66. The molecule has 1 N–H and O–H groups in total. The molecule has 0 bridgehead atoms. The molecular formula is C12H15N5. The Labute approximate surface area is 100 Å². The molecule has 0 aliphatic heterocycles. The van der Waals surface area contributed by atoms with Crippen LogP contribution in [-0.4, -0.2) is 27.0 Å². The normalized spacial score (nSPS) is 10.3. The van der Waals surface area contributed by atoms with Gasteiger partial charge in [-0.15, -0.1) is 0 Å². The van der Waals surface area contributed by atoms with E-state index in [1.54, 1.807) is 18.6 Å². The first-order valence-corrected chi connectivity index (χ1v) is 5.58. The van der Waals surface area contributed by atoms with Crippen LogP contribution in [0, 0.1) is 6.92 Å². The minimum atomic E-state index is 0.616. The van der Waals surface area contributed by atoms with Gasteiger partial charge < -0.3 is 5.32 Å². The molecule has 0 saturated heterocycles. The zero-order valence-corrected chi connectivity index (χ0v) is 10.2. The van der Waals surface area contributed by atoms with E-state index in [0.29, 0.717) is 11.5 Å². The molecule has 0 spiro atoms. The summed E-state index contributed by atoms with van der Waals surface area (Å²) in [6.45, 7) is 4.10. The number of aryl methyl sites for hydroxylation is 1. The number of hydrogen-bond donors (Lipinski definition) is 1. The average Bonchev–Trinajstić information content (AvgIpc) is 2.40. The van der Waals surface area contributed by atoms with Crippen molar-refractivity contribution in [3.8, 4) is 11.5 Å². The van der Waals surface area contributed by atoms with E-state index in [-0.39, 0.29) is 0 Å². The summed E-state index contributed by atoms with van der Waals surface area (Å²) in [7, 11) is 1.86. The summed E-state index contributed by atoms with van der Waals surface area (Å²) in [5.41, 5.74) is 2.81. The molecular weight excluding hydrogens is 214 g/mol. The van der Waals surface area contributed by atoms with Gasteiger partial charge in [-0.25, -0.2) is 15.0 Å². The maximum atomic E-state index is 4.52. The molecule has 2 heterocycles. The van der Waals surface area contributed by atoms with Crippen molar-refractivity contribution in [2.45, 2.75) is 20.3 Å². The largest absolute Gasteiger partial charge is 0.373 e. The summed E-state index contributed by atoms with van der Waals surface area (Å²) in [5, 5.41) is 3.08. The van der Waals surface area contributed by atoms with Gasteiger partial charge in [0.25, 0.3) is 0 Å². The van der Waals surface area contributed by atoms with Crippen LogP contribution in [0.1, 0.15) is 18.2 Å².